The number of aromatic hydroxyl groups is 1. The molecule has 1 heterocycles. The van der Waals surface area contributed by atoms with Crippen molar-refractivity contribution in [2.75, 3.05) is 13.7 Å². The largest absolute Gasteiger partial charge is 0.504 e. The quantitative estimate of drug-likeness (QED) is 0.752. The highest BCUT2D eigenvalue weighted by molar-refractivity contribution is 5.42. The highest BCUT2D eigenvalue weighted by Crippen LogP contribution is 2.31. The first-order chi connectivity index (χ1) is 6.81. The lowest BCUT2D eigenvalue weighted by molar-refractivity contribution is 0.372. The van der Waals surface area contributed by atoms with Crippen LogP contribution in [0.1, 0.15) is 24.4 Å². The highest BCUT2D eigenvalue weighted by Gasteiger charge is 2.17. The molecule has 0 unspecified atom stereocenters. The van der Waals surface area contributed by atoms with Crippen molar-refractivity contribution in [1.29, 1.82) is 0 Å². The van der Waals surface area contributed by atoms with E-state index < -0.39 is 0 Å². The summed E-state index contributed by atoms with van der Waals surface area (Å²) in [7, 11) is 1.56. The molecule has 76 valence electrons. The van der Waals surface area contributed by atoms with Gasteiger partial charge in [0.15, 0.2) is 11.5 Å². The first-order valence-corrected chi connectivity index (χ1v) is 4.91. The van der Waals surface area contributed by atoms with E-state index >= 15 is 0 Å². The predicted molar refractivity (Wildman–Crippen MR) is 54.6 cm³/mol. The van der Waals surface area contributed by atoms with Crippen molar-refractivity contribution in [2.24, 2.45) is 0 Å². The van der Waals surface area contributed by atoms with E-state index in [1.807, 2.05) is 12.1 Å². The van der Waals surface area contributed by atoms with Crippen molar-refractivity contribution < 1.29 is 9.84 Å². The monoisotopic (exact) mass is 193 g/mol. The van der Waals surface area contributed by atoms with Gasteiger partial charge >= 0.3 is 0 Å². The molecule has 14 heavy (non-hydrogen) atoms. The van der Waals surface area contributed by atoms with E-state index in [4.69, 9.17) is 4.74 Å². The van der Waals surface area contributed by atoms with Crippen LogP contribution in [0.4, 0.5) is 0 Å². The topological polar surface area (TPSA) is 41.5 Å². The van der Waals surface area contributed by atoms with Crippen LogP contribution in [0.25, 0.3) is 0 Å². The van der Waals surface area contributed by atoms with E-state index in [-0.39, 0.29) is 5.75 Å². The van der Waals surface area contributed by atoms with Gasteiger partial charge in [-0.15, -0.1) is 0 Å². The van der Waals surface area contributed by atoms with Crippen LogP contribution in [0.15, 0.2) is 18.2 Å². The summed E-state index contributed by atoms with van der Waals surface area (Å²) >= 11 is 0. The van der Waals surface area contributed by atoms with Crippen molar-refractivity contribution in [1.82, 2.24) is 5.32 Å². The second-order valence-electron chi connectivity index (χ2n) is 3.58. The molecule has 1 saturated heterocycles. The maximum absolute atomic E-state index is 9.60. The van der Waals surface area contributed by atoms with Gasteiger partial charge in [-0.2, -0.15) is 0 Å². The summed E-state index contributed by atoms with van der Waals surface area (Å²) in [5, 5.41) is 13.0. The van der Waals surface area contributed by atoms with Gasteiger partial charge in [0.25, 0.3) is 0 Å². The zero-order valence-corrected chi connectivity index (χ0v) is 8.29. The fraction of sp³-hybridized carbons (Fsp3) is 0.455. The molecule has 1 aliphatic rings. The van der Waals surface area contributed by atoms with Crippen LogP contribution in [0.3, 0.4) is 0 Å². The van der Waals surface area contributed by atoms with Crippen LogP contribution in [0.2, 0.25) is 0 Å². The van der Waals surface area contributed by atoms with Crippen molar-refractivity contribution in [3.8, 4) is 11.5 Å². The Morgan fingerprint density at radius 2 is 2.36 bits per heavy atom. The Bertz CT molecular complexity index is 319. The van der Waals surface area contributed by atoms with E-state index in [0.717, 1.165) is 18.5 Å². The maximum atomic E-state index is 9.60. The first-order valence-electron chi connectivity index (χ1n) is 4.91. The molecular formula is C11H15NO2. The number of ether oxygens (including phenoxy) is 1. The van der Waals surface area contributed by atoms with Crippen LogP contribution in [-0.4, -0.2) is 18.8 Å². The normalized spacial score (nSPS) is 21.1. The molecule has 0 aliphatic carbocycles. The molecule has 0 amide bonds. The highest BCUT2D eigenvalue weighted by atomic mass is 16.5. The summed E-state index contributed by atoms with van der Waals surface area (Å²) in [6, 6.07) is 5.99. The molecule has 0 spiro atoms. The molecule has 1 fully saturated rings. The average molecular weight is 193 g/mol. The summed E-state index contributed by atoms with van der Waals surface area (Å²) < 4.78 is 4.99. The number of nitrogens with one attached hydrogen (secondary N) is 1. The van der Waals surface area contributed by atoms with Gasteiger partial charge < -0.3 is 15.2 Å². The molecule has 0 saturated carbocycles. The Morgan fingerprint density at radius 3 is 2.93 bits per heavy atom. The SMILES string of the molecule is COc1ccc([C@@H]2CCCN2)cc1O. The minimum absolute atomic E-state index is 0.221. The van der Waals surface area contributed by atoms with Gasteiger partial charge in [-0.25, -0.2) is 0 Å². The van der Waals surface area contributed by atoms with E-state index in [1.165, 1.54) is 6.42 Å². The van der Waals surface area contributed by atoms with Gasteiger partial charge in [0.2, 0.25) is 0 Å². The number of phenolic OH excluding ortho intramolecular Hbond substituents is 1. The lowest BCUT2D eigenvalue weighted by atomic mass is 10.0. The predicted octanol–water partition coefficient (Wildman–Crippen LogP) is 1.83. The van der Waals surface area contributed by atoms with Gasteiger partial charge in [0.05, 0.1) is 7.11 Å². The molecule has 2 N–H and O–H groups in total. The summed E-state index contributed by atoms with van der Waals surface area (Å²) in [6.07, 6.45) is 2.35. The second kappa shape index (κ2) is 3.88. The Labute approximate surface area is 83.7 Å². The number of hydrogen-bond donors (Lipinski definition) is 2. The van der Waals surface area contributed by atoms with E-state index in [2.05, 4.69) is 5.32 Å². The molecule has 1 aromatic carbocycles. The first kappa shape index (κ1) is 9.34. The van der Waals surface area contributed by atoms with Crippen LogP contribution in [0.5, 0.6) is 11.5 Å². The second-order valence-corrected chi connectivity index (χ2v) is 3.58. The van der Waals surface area contributed by atoms with E-state index in [1.54, 1.807) is 13.2 Å². The number of phenols is 1. The van der Waals surface area contributed by atoms with Crippen LogP contribution in [0, 0.1) is 0 Å². The van der Waals surface area contributed by atoms with Crippen molar-refractivity contribution in [3.05, 3.63) is 23.8 Å². The van der Waals surface area contributed by atoms with E-state index in [9.17, 15) is 5.11 Å². The number of hydrogen-bond acceptors (Lipinski definition) is 3. The third kappa shape index (κ3) is 1.68. The molecule has 0 radical (unpaired) electrons. The zero-order chi connectivity index (χ0) is 9.97. The number of rotatable bonds is 2. The van der Waals surface area contributed by atoms with Gasteiger partial charge in [0.1, 0.15) is 0 Å². The van der Waals surface area contributed by atoms with Gasteiger partial charge in [-0.05, 0) is 37.1 Å². The summed E-state index contributed by atoms with van der Waals surface area (Å²) in [5.74, 6) is 0.755. The Hall–Kier alpha value is -1.22. The third-order valence-corrected chi connectivity index (χ3v) is 2.67. The minimum atomic E-state index is 0.221. The molecule has 0 bridgehead atoms. The standard InChI is InChI=1S/C11H15NO2/c1-14-11-5-4-8(7-10(11)13)9-3-2-6-12-9/h4-5,7,9,12-13H,2-3,6H2,1H3/t9-/m0/s1. The smallest absolute Gasteiger partial charge is 0.160 e. The zero-order valence-electron chi connectivity index (χ0n) is 8.29. The van der Waals surface area contributed by atoms with Crippen molar-refractivity contribution in [3.63, 3.8) is 0 Å². The molecule has 0 aromatic heterocycles. The van der Waals surface area contributed by atoms with Crippen LogP contribution < -0.4 is 10.1 Å². The molecule has 1 aliphatic heterocycles. The fourth-order valence-corrected chi connectivity index (χ4v) is 1.89. The lowest BCUT2D eigenvalue weighted by Gasteiger charge is -2.12. The third-order valence-electron chi connectivity index (χ3n) is 2.67. The molecule has 1 aromatic rings. The number of methoxy groups -OCH3 is 1. The number of benzene rings is 1. The Morgan fingerprint density at radius 1 is 1.50 bits per heavy atom. The summed E-state index contributed by atoms with van der Waals surface area (Å²) in [5.41, 5.74) is 1.14. The molecule has 3 heteroatoms. The molecular weight excluding hydrogens is 178 g/mol. The molecule has 1 atom stereocenters. The Kier molecular flexibility index (Phi) is 2.59. The molecule has 2 rings (SSSR count). The molecule has 3 nitrogen and oxygen atoms in total. The minimum Gasteiger partial charge on any atom is -0.504 e. The maximum Gasteiger partial charge on any atom is 0.160 e. The van der Waals surface area contributed by atoms with Crippen molar-refractivity contribution in [2.45, 2.75) is 18.9 Å². The average Bonchev–Trinajstić information content (AvgIpc) is 2.70. The fourth-order valence-electron chi connectivity index (χ4n) is 1.89. The summed E-state index contributed by atoms with van der Waals surface area (Å²) in [6.45, 7) is 1.07. The van der Waals surface area contributed by atoms with Crippen molar-refractivity contribution >= 4 is 0 Å². The van der Waals surface area contributed by atoms with E-state index in [0.29, 0.717) is 11.8 Å². The van der Waals surface area contributed by atoms with Gasteiger partial charge in [-0.1, -0.05) is 6.07 Å². The van der Waals surface area contributed by atoms with Crippen LogP contribution >= 0.6 is 0 Å². The van der Waals surface area contributed by atoms with Crippen LogP contribution in [-0.2, 0) is 0 Å². The van der Waals surface area contributed by atoms with Gasteiger partial charge in [0, 0.05) is 6.04 Å². The lowest BCUT2D eigenvalue weighted by Crippen LogP contribution is -2.12. The van der Waals surface area contributed by atoms with Gasteiger partial charge in [-0.3, -0.25) is 0 Å². The Balaban J connectivity index is 2.23. The summed E-state index contributed by atoms with van der Waals surface area (Å²) in [4.78, 5) is 0.